The Balaban J connectivity index is 0. The molecule has 1 radical (unpaired) electrons. The molecule has 0 saturated carbocycles. The van der Waals surface area contributed by atoms with Gasteiger partial charge in [-0.3, -0.25) is 0 Å². The van der Waals surface area contributed by atoms with E-state index in [1.807, 2.05) is 0 Å². The van der Waals surface area contributed by atoms with Crippen LogP contribution in [0, 0.1) is 0 Å². The van der Waals surface area contributed by atoms with Gasteiger partial charge in [0.05, 0.1) is 0 Å². The Kier molecular flexibility index (Phi) is 17700. The predicted molar refractivity (Wildman–Crippen MR) is 18.1 cm³/mol. The molecule has 0 rings (SSSR count). The molecule has 0 aromatic heterocycles. The van der Waals surface area contributed by atoms with Crippen molar-refractivity contribution in [1.82, 2.24) is 0 Å². The van der Waals surface area contributed by atoms with Crippen molar-refractivity contribution < 1.29 is 63.6 Å². The zero-order valence-electron chi connectivity index (χ0n) is 3.54. The predicted octanol–water partition coefficient (Wildman–Crippen LogP) is -4.13. The molecular weight excluding hydrogens is 204 g/mol. The van der Waals surface area contributed by atoms with Gasteiger partial charge in [0.2, 0.25) is 0 Å². The largest absolute Gasteiger partial charge is 2.00 e. The first-order valence-electron chi connectivity index (χ1n) is 0. The summed E-state index contributed by atoms with van der Waals surface area (Å²) in [4.78, 5) is 0. The quantitative estimate of drug-likeness (QED) is 0.359. The fourth-order valence-electron chi connectivity index (χ4n) is 0. The van der Waals surface area contributed by atoms with Crippen molar-refractivity contribution in [1.29, 1.82) is 0 Å². The van der Waals surface area contributed by atoms with E-state index < -0.39 is 0 Å². The standard InChI is InChI=1S/Co.5H2O.Zn/h;5*1H2;/q+2;;;;;;+2. The maximum absolute atomic E-state index is 0. The molecule has 0 aliphatic rings. The molecule has 10 N–H and O–H groups in total. The first-order chi connectivity index (χ1) is 0. The second kappa shape index (κ2) is 282. The second-order valence-electron chi connectivity index (χ2n) is 0. The Morgan fingerprint density at radius 3 is 0.429 bits per heavy atom. The van der Waals surface area contributed by atoms with Crippen LogP contribution >= 0.6 is 0 Å². The maximum Gasteiger partial charge on any atom is 2.00 e. The van der Waals surface area contributed by atoms with Crippen LogP contribution in [0.5, 0.6) is 0 Å². The van der Waals surface area contributed by atoms with Gasteiger partial charge in [-0.1, -0.05) is 0 Å². The van der Waals surface area contributed by atoms with Crippen molar-refractivity contribution in [3.63, 3.8) is 0 Å². The van der Waals surface area contributed by atoms with E-state index in [1.165, 1.54) is 0 Å². The third kappa shape index (κ3) is 195. The van der Waals surface area contributed by atoms with Crippen molar-refractivity contribution >= 4 is 0 Å². The van der Waals surface area contributed by atoms with E-state index in [0.29, 0.717) is 0 Å². The SMILES string of the molecule is O.O.O.O.O.[Co+2].[Zn+2]. The molecular formula is H10CoO5Zn+4. The van der Waals surface area contributed by atoms with Crippen LogP contribution < -0.4 is 0 Å². The molecule has 0 aromatic carbocycles. The van der Waals surface area contributed by atoms with Gasteiger partial charge in [0.15, 0.2) is 0 Å². The molecule has 7 heteroatoms. The molecule has 5 nitrogen and oxygen atoms in total. The summed E-state index contributed by atoms with van der Waals surface area (Å²) in [6.45, 7) is 0. The average Bonchev–Trinajstić information content (AvgIpc) is 0. The molecule has 0 atom stereocenters. The van der Waals surface area contributed by atoms with Crippen molar-refractivity contribution in [3.05, 3.63) is 0 Å². The molecule has 0 saturated heterocycles. The molecule has 0 heterocycles. The van der Waals surface area contributed by atoms with Crippen molar-refractivity contribution in [3.8, 4) is 0 Å². The first-order valence-corrected chi connectivity index (χ1v) is 0. The zero-order chi connectivity index (χ0) is 0. The minimum absolute atomic E-state index is 0. The molecule has 0 amide bonds. The summed E-state index contributed by atoms with van der Waals surface area (Å²) in [6.07, 6.45) is 0. The second-order valence-corrected chi connectivity index (χ2v) is 0. The summed E-state index contributed by atoms with van der Waals surface area (Å²) in [6, 6.07) is 0. The van der Waals surface area contributed by atoms with Crippen LogP contribution in [-0.2, 0) is 36.3 Å². The van der Waals surface area contributed by atoms with Gasteiger partial charge in [0, 0.05) is 0 Å². The Morgan fingerprint density at radius 2 is 0.429 bits per heavy atom. The molecule has 0 aliphatic carbocycles. The van der Waals surface area contributed by atoms with E-state index in [-0.39, 0.29) is 63.6 Å². The van der Waals surface area contributed by atoms with Crippen LogP contribution in [0.15, 0.2) is 0 Å². The number of hydrogen-bond acceptors (Lipinski definition) is 0. The van der Waals surface area contributed by atoms with Crippen LogP contribution in [0.3, 0.4) is 0 Å². The maximum atomic E-state index is 0. The third-order valence-corrected chi connectivity index (χ3v) is 0. The average molecular weight is 214 g/mol. The van der Waals surface area contributed by atoms with E-state index in [9.17, 15) is 0 Å². The normalized spacial score (nSPS) is 0. The summed E-state index contributed by atoms with van der Waals surface area (Å²) in [7, 11) is 0. The molecule has 0 aromatic rings. The molecule has 0 unspecified atom stereocenters. The van der Waals surface area contributed by atoms with Gasteiger partial charge < -0.3 is 27.4 Å². The molecule has 47 valence electrons. The van der Waals surface area contributed by atoms with E-state index in [1.54, 1.807) is 0 Å². The molecule has 0 spiro atoms. The van der Waals surface area contributed by atoms with Gasteiger partial charge >= 0.3 is 36.3 Å². The number of rotatable bonds is 0. The summed E-state index contributed by atoms with van der Waals surface area (Å²) in [5, 5.41) is 0. The topological polar surface area (TPSA) is 158 Å². The molecule has 7 heavy (non-hydrogen) atoms. The zero-order valence-corrected chi connectivity index (χ0v) is 7.55. The van der Waals surface area contributed by atoms with Crippen molar-refractivity contribution in [2.75, 3.05) is 0 Å². The van der Waals surface area contributed by atoms with Crippen molar-refractivity contribution in [2.45, 2.75) is 0 Å². The molecule has 0 fully saturated rings. The van der Waals surface area contributed by atoms with Gasteiger partial charge in [-0.2, -0.15) is 0 Å². The van der Waals surface area contributed by atoms with E-state index >= 15 is 0 Å². The molecule has 0 bridgehead atoms. The van der Waals surface area contributed by atoms with Crippen LogP contribution in [0.2, 0.25) is 0 Å². The minimum Gasteiger partial charge on any atom is -0.412 e. The Hall–Kier alpha value is 0.930. The van der Waals surface area contributed by atoms with E-state index in [4.69, 9.17) is 0 Å². The molecule has 0 aliphatic heterocycles. The Labute approximate surface area is 64.0 Å². The van der Waals surface area contributed by atoms with Crippen LogP contribution in [0.1, 0.15) is 0 Å². The summed E-state index contributed by atoms with van der Waals surface area (Å²) >= 11 is 0. The number of hydrogen-bond donors (Lipinski definition) is 0. The summed E-state index contributed by atoms with van der Waals surface area (Å²) < 4.78 is 0. The monoisotopic (exact) mass is 213 g/mol. The fourth-order valence-corrected chi connectivity index (χ4v) is 0. The van der Waals surface area contributed by atoms with Crippen LogP contribution in [-0.4, -0.2) is 27.4 Å². The van der Waals surface area contributed by atoms with Crippen LogP contribution in [0.25, 0.3) is 0 Å². The third-order valence-electron chi connectivity index (χ3n) is 0. The Morgan fingerprint density at radius 1 is 0.429 bits per heavy atom. The van der Waals surface area contributed by atoms with E-state index in [2.05, 4.69) is 0 Å². The van der Waals surface area contributed by atoms with Gasteiger partial charge in [0.25, 0.3) is 0 Å². The van der Waals surface area contributed by atoms with Gasteiger partial charge in [0.1, 0.15) is 0 Å². The van der Waals surface area contributed by atoms with Crippen LogP contribution in [0.4, 0.5) is 0 Å². The summed E-state index contributed by atoms with van der Waals surface area (Å²) in [5.41, 5.74) is 0. The summed E-state index contributed by atoms with van der Waals surface area (Å²) in [5.74, 6) is 0. The fraction of sp³-hybridized carbons (Fsp3) is 0. The van der Waals surface area contributed by atoms with Gasteiger partial charge in [-0.05, 0) is 0 Å². The smallest absolute Gasteiger partial charge is 0.412 e. The van der Waals surface area contributed by atoms with E-state index in [0.717, 1.165) is 0 Å². The van der Waals surface area contributed by atoms with Gasteiger partial charge in [-0.15, -0.1) is 0 Å². The minimum atomic E-state index is 0. The van der Waals surface area contributed by atoms with Crippen molar-refractivity contribution in [2.24, 2.45) is 0 Å². The van der Waals surface area contributed by atoms with Gasteiger partial charge in [-0.25, -0.2) is 0 Å². The Bertz CT molecular complexity index is 8.04. The first kappa shape index (κ1) is 440.